The average Bonchev–Trinajstić information content (AvgIpc) is 2.74. The van der Waals surface area contributed by atoms with Crippen molar-refractivity contribution in [3.63, 3.8) is 0 Å². The van der Waals surface area contributed by atoms with Gasteiger partial charge in [-0.25, -0.2) is 8.42 Å². The molecular formula is C24H36O5S. The molecule has 1 saturated carbocycles. The van der Waals surface area contributed by atoms with E-state index in [2.05, 4.69) is 0 Å². The van der Waals surface area contributed by atoms with Crippen LogP contribution in [0.3, 0.4) is 0 Å². The fourth-order valence-electron chi connectivity index (χ4n) is 4.35. The van der Waals surface area contributed by atoms with Gasteiger partial charge in [0.2, 0.25) is 0 Å². The number of Topliss-reactive ketones (excluding diaryl/α,β-unsaturated/α-hetero) is 1. The molecule has 0 aromatic heterocycles. The number of hydrogen-bond acceptors (Lipinski definition) is 5. The molecule has 2 aliphatic rings. The zero-order valence-electron chi connectivity index (χ0n) is 18.3. The van der Waals surface area contributed by atoms with Crippen molar-refractivity contribution in [3.8, 4) is 5.75 Å². The Morgan fingerprint density at radius 2 is 1.77 bits per heavy atom. The fourth-order valence-corrected chi connectivity index (χ4v) is 5.72. The van der Waals surface area contributed by atoms with Gasteiger partial charge >= 0.3 is 0 Å². The largest absolute Gasteiger partial charge is 0.491 e. The molecule has 6 heteroatoms. The summed E-state index contributed by atoms with van der Waals surface area (Å²) in [6.45, 7) is 4.88. The summed E-state index contributed by atoms with van der Waals surface area (Å²) in [4.78, 5) is 12.7. The van der Waals surface area contributed by atoms with Crippen LogP contribution in [0, 0.1) is 11.8 Å². The van der Waals surface area contributed by atoms with Crippen molar-refractivity contribution in [2.24, 2.45) is 11.8 Å². The van der Waals surface area contributed by atoms with Crippen LogP contribution in [0.2, 0.25) is 0 Å². The van der Waals surface area contributed by atoms with E-state index in [1.165, 1.54) is 6.42 Å². The molecule has 0 bridgehead atoms. The molecule has 1 aromatic carbocycles. The summed E-state index contributed by atoms with van der Waals surface area (Å²) in [6, 6.07) is 7.80. The monoisotopic (exact) mass is 436 g/mol. The predicted octanol–water partition coefficient (Wildman–Crippen LogP) is 4.38. The van der Waals surface area contributed by atoms with Gasteiger partial charge in [-0.05, 0) is 82.4 Å². The van der Waals surface area contributed by atoms with E-state index < -0.39 is 9.84 Å². The fraction of sp³-hybridized carbons (Fsp3) is 0.708. The first-order chi connectivity index (χ1) is 14.3. The van der Waals surface area contributed by atoms with Crippen LogP contribution in [-0.4, -0.2) is 44.5 Å². The second kappa shape index (κ2) is 10.8. The molecule has 2 fully saturated rings. The number of hydrogen-bond donors (Lipinski definition) is 0. The number of sulfone groups is 1. The molecule has 0 spiro atoms. The van der Waals surface area contributed by atoms with Gasteiger partial charge in [-0.15, -0.1) is 0 Å². The lowest BCUT2D eigenvalue weighted by Crippen LogP contribution is -2.29. The molecule has 168 valence electrons. The summed E-state index contributed by atoms with van der Waals surface area (Å²) >= 11 is 0. The van der Waals surface area contributed by atoms with Gasteiger partial charge < -0.3 is 9.47 Å². The van der Waals surface area contributed by atoms with E-state index in [1.54, 1.807) is 13.8 Å². The highest BCUT2D eigenvalue weighted by Gasteiger charge is 2.30. The van der Waals surface area contributed by atoms with E-state index in [0.29, 0.717) is 13.0 Å². The van der Waals surface area contributed by atoms with Gasteiger partial charge in [0, 0.05) is 18.9 Å². The Kier molecular flexibility index (Phi) is 8.35. The lowest BCUT2D eigenvalue weighted by molar-refractivity contribution is -0.123. The van der Waals surface area contributed by atoms with Crippen LogP contribution in [0.5, 0.6) is 5.75 Å². The molecule has 1 aromatic rings. The number of ether oxygens (including phenoxy) is 2. The maximum atomic E-state index is 12.7. The Hall–Kier alpha value is -1.40. The number of carbonyl (C=O) groups is 1. The number of rotatable bonds is 9. The van der Waals surface area contributed by atoms with Crippen molar-refractivity contribution in [2.75, 3.05) is 19.0 Å². The topological polar surface area (TPSA) is 69.7 Å². The third kappa shape index (κ3) is 6.81. The van der Waals surface area contributed by atoms with E-state index in [0.717, 1.165) is 56.4 Å². The van der Waals surface area contributed by atoms with Gasteiger partial charge in [0.25, 0.3) is 0 Å². The third-order valence-corrected chi connectivity index (χ3v) is 8.87. The maximum absolute atomic E-state index is 12.7. The summed E-state index contributed by atoms with van der Waals surface area (Å²) < 4.78 is 35.8. The summed E-state index contributed by atoms with van der Waals surface area (Å²) in [5, 5.41) is -0.320. The molecule has 1 aliphatic heterocycles. The van der Waals surface area contributed by atoms with Gasteiger partial charge in [-0.2, -0.15) is 0 Å². The Morgan fingerprint density at radius 3 is 2.37 bits per heavy atom. The molecule has 1 atom stereocenters. The molecule has 5 nitrogen and oxygen atoms in total. The minimum absolute atomic E-state index is 0.0578. The van der Waals surface area contributed by atoms with Crippen LogP contribution in [0.1, 0.15) is 64.4 Å². The lowest BCUT2D eigenvalue weighted by atomic mass is 9.79. The summed E-state index contributed by atoms with van der Waals surface area (Å²) in [7, 11) is -3.01. The molecule has 1 heterocycles. The number of benzene rings is 1. The Morgan fingerprint density at radius 1 is 1.07 bits per heavy atom. The molecule has 1 saturated heterocycles. The second-order valence-electron chi connectivity index (χ2n) is 9.18. The Labute approximate surface area is 181 Å². The van der Waals surface area contributed by atoms with Crippen molar-refractivity contribution in [2.45, 2.75) is 76.6 Å². The first-order valence-electron chi connectivity index (χ1n) is 11.4. The molecule has 1 unspecified atom stereocenters. The molecule has 0 radical (unpaired) electrons. The van der Waals surface area contributed by atoms with Crippen LogP contribution in [0.4, 0.5) is 0 Å². The zero-order chi connectivity index (χ0) is 21.6. The molecule has 0 N–H and O–H groups in total. The standard InChI is InChI=1S/C24H36O5S/c1-18(2)30(26,27)17-20-6-10-21(11-7-20)24(25)15-19-8-12-22(13-9-19)29-16-23-5-3-4-14-28-23/h8-9,12-13,18,20-21,23H,3-7,10-11,14-17H2,1-2H3. The van der Waals surface area contributed by atoms with Crippen LogP contribution in [0.25, 0.3) is 0 Å². The van der Waals surface area contributed by atoms with E-state index >= 15 is 0 Å². The minimum atomic E-state index is -3.01. The Balaban J connectivity index is 1.41. The Bertz CT molecular complexity index is 770. The van der Waals surface area contributed by atoms with Crippen molar-refractivity contribution in [1.29, 1.82) is 0 Å². The SMILES string of the molecule is CC(C)S(=O)(=O)CC1CCC(C(=O)Cc2ccc(OCC3CCCCO3)cc2)CC1. The first kappa shape index (κ1) is 23.3. The van der Waals surface area contributed by atoms with E-state index in [1.807, 2.05) is 24.3 Å². The summed E-state index contributed by atoms with van der Waals surface area (Å²) in [5.41, 5.74) is 1.01. The normalized spacial score (nSPS) is 25.2. The number of ketones is 1. The average molecular weight is 437 g/mol. The van der Waals surface area contributed by atoms with Crippen molar-refractivity contribution in [1.82, 2.24) is 0 Å². The van der Waals surface area contributed by atoms with E-state index in [-0.39, 0.29) is 34.7 Å². The van der Waals surface area contributed by atoms with E-state index in [4.69, 9.17) is 9.47 Å². The van der Waals surface area contributed by atoms with Crippen LogP contribution in [-0.2, 0) is 25.8 Å². The van der Waals surface area contributed by atoms with Crippen molar-refractivity contribution >= 4 is 15.6 Å². The van der Waals surface area contributed by atoms with E-state index in [9.17, 15) is 13.2 Å². The minimum Gasteiger partial charge on any atom is -0.491 e. The quantitative estimate of drug-likeness (QED) is 0.575. The summed E-state index contributed by atoms with van der Waals surface area (Å²) in [5.74, 6) is 1.60. The lowest BCUT2D eigenvalue weighted by Gasteiger charge is -2.28. The number of carbonyl (C=O) groups excluding carboxylic acids is 1. The van der Waals surface area contributed by atoms with Gasteiger partial charge in [0.05, 0.1) is 17.1 Å². The van der Waals surface area contributed by atoms with Gasteiger partial charge in [0.15, 0.2) is 9.84 Å². The molecule has 1 aliphatic carbocycles. The highest BCUT2D eigenvalue weighted by molar-refractivity contribution is 7.91. The highest BCUT2D eigenvalue weighted by atomic mass is 32.2. The van der Waals surface area contributed by atoms with Crippen LogP contribution in [0.15, 0.2) is 24.3 Å². The summed E-state index contributed by atoms with van der Waals surface area (Å²) in [6.07, 6.45) is 7.29. The molecule has 0 amide bonds. The third-order valence-electron chi connectivity index (χ3n) is 6.50. The van der Waals surface area contributed by atoms with Gasteiger partial charge in [-0.3, -0.25) is 4.79 Å². The second-order valence-corrected chi connectivity index (χ2v) is 11.8. The maximum Gasteiger partial charge on any atom is 0.152 e. The van der Waals surface area contributed by atoms with Crippen molar-refractivity contribution < 1.29 is 22.7 Å². The van der Waals surface area contributed by atoms with Gasteiger partial charge in [-0.1, -0.05) is 12.1 Å². The van der Waals surface area contributed by atoms with Crippen LogP contribution < -0.4 is 4.74 Å². The highest BCUT2D eigenvalue weighted by Crippen LogP contribution is 2.31. The first-order valence-corrected chi connectivity index (χ1v) is 13.1. The predicted molar refractivity (Wildman–Crippen MR) is 119 cm³/mol. The zero-order valence-corrected chi connectivity index (χ0v) is 19.2. The molecular weight excluding hydrogens is 400 g/mol. The van der Waals surface area contributed by atoms with Gasteiger partial charge in [0.1, 0.15) is 18.1 Å². The molecule has 3 rings (SSSR count). The van der Waals surface area contributed by atoms with Crippen molar-refractivity contribution in [3.05, 3.63) is 29.8 Å². The smallest absolute Gasteiger partial charge is 0.152 e. The molecule has 30 heavy (non-hydrogen) atoms. The van der Waals surface area contributed by atoms with Crippen LogP contribution >= 0.6 is 0 Å².